The molecule has 4 bridgehead atoms. The second-order valence-electron chi connectivity index (χ2n) is 14.0. The Hall–Kier alpha value is -4.65. The SMILES string of the molecule is C=CC(=O)NC[C@@H]1CC(=O)OCCC/C=C/c2ccc3ccnc(c3c2)O[C@@H]2C[C@@H](C(=O)C[C@]3(C(=O)CS(=O)(=O)C4CC4)C[C@H]3C=C)N(C2)C1=O. The summed E-state index contributed by atoms with van der Waals surface area (Å²) in [5.41, 5.74) is -0.304. The van der Waals surface area contributed by atoms with Gasteiger partial charge in [-0.05, 0) is 67.2 Å². The van der Waals surface area contributed by atoms with Crippen LogP contribution in [0.2, 0.25) is 0 Å². The van der Waals surface area contributed by atoms with Crippen molar-refractivity contribution in [2.45, 2.75) is 68.8 Å². The number of rotatable bonds is 11. The molecule has 0 spiro atoms. The summed E-state index contributed by atoms with van der Waals surface area (Å²) in [4.78, 5) is 73.2. The number of allylic oxidation sites excluding steroid dienone is 2. The second kappa shape index (κ2) is 14.9. The summed E-state index contributed by atoms with van der Waals surface area (Å²) in [7, 11) is -3.62. The molecule has 3 heterocycles. The Morgan fingerprint density at radius 3 is 2.67 bits per heavy atom. The van der Waals surface area contributed by atoms with E-state index in [9.17, 15) is 32.4 Å². The number of ketones is 2. The molecular weight excluding hydrogens is 674 g/mol. The summed E-state index contributed by atoms with van der Waals surface area (Å²) in [6.07, 6.45) is 9.50. The lowest BCUT2D eigenvalue weighted by Crippen LogP contribution is -2.48. The summed E-state index contributed by atoms with van der Waals surface area (Å²) in [5, 5.41) is 3.71. The molecule has 1 aromatic carbocycles. The highest BCUT2D eigenvalue weighted by Crippen LogP contribution is 2.57. The molecule has 12 nitrogen and oxygen atoms in total. The molecule has 13 heteroatoms. The van der Waals surface area contributed by atoms with Crippen molar-refractivity contribution in [3.8, 4) is 5.88 Å². The van der Waals surface area contributed by atoms with Gasteiger partial charge < -0.3 is 19.7 Å². The first-order valence-corrected chi connectivity index (χ1v) is 19.1. The van der Waals surface area contributed by atoms with E-state index in [1.54, 1.807) is 12.3 Å². The van der Waals surface area contributed by atoms with Gasteiger partial charge in [-0.3, -0.25) is 24.0 Å². The minimum absolute atomic E-state index is 0.0320. The van der Waals surface area contributed by atoms with E-state index in [0.29, 0.717) is 38.0 Å². The molecule has 3 fully saturated rings. The predicted molar refractivity (Wildman–Crippen MR) is 189 cm³/mol. The average Bonchev–Trinajstić information content (AvgIpc) is 4.04. The minimum Gasteiger partial charge on any atom is -0.472 e. The third-order valence-electron chi connectivity index (χ3n) is 10.3. The first kappa shape index (κ1) is 36.2. The van der Waals surface area contributed by atoms with Gasteiger partial charge in [0.05, 0.1) is 36.8 Å². The summed E-state index contributed by atoms with van der Waals surface area (Å²) in [5.74, 6) is -4.40. The molecular formula is C38H43N3O9S. The third kappa shape index (κ3) is 8.14. The monoisotopic (exact) mass is 717 g/mol. The second-order valence-corrected chi connectivity index (χ2v) is 16.3. The summed E-state index contributed by atoms with van der Waals surface area (Å²) >= 11 is 0. The van der Waals surface area contributed by atoms with Crippen LogP contribution in [-0.2, 0) is 38.5 Å². The highest BCUT2D eigenvalue weighted by molar-refractivity contribution is 7.93. The topological polar surface area (TPSA) is 166 Å². The van der Waals surface area contributed by atoms with Gasteiger partial charge >= 0.3 is 5.97 Å². The van der Waals surface area contributed by atoms with E-state index in [4.69, 9.17) is 9.47 Å². The lowest BCUT2D eigenvalue weighted by Gasteiger charge is -2.29. The van der Waals surface area contributed by atoms with Crippen molar-refractivity contribution in [2.24, 2.45) is 17.3 Å². The summed E-state index contributed by atoms with van der Waals surface area (Å²) < 4.78 is 37.5. The molecule has 6 rings (SSSR count). The Morgan fingerprint density at radius 1 is 1.14 bits per heavy atom. The molecule has 1 aromatic heterocycles. The fourth-order valence-electron chi connectivity index (χ4n) is 7.16. The molecule has 51 heavy (non-hydrogen) atoms. The lowest BCUT2D eigenvalue weighted by molar-refractivity contribution is -0.150. The van der Waals surface area contributed by atoms with Crippen molar-refractivity contribution in [3.05, 3.63) is 67.4 Å². The van der Waals surface area contributed by atoms with E-state index >= 15 is 0 Å². The Balaban J connectivity index is 1.32. The van der Waals surface area contributed by atoms with Crippen LogP contribution in [0.1, 0.15) is 56.9 Å². The smallest absolute Gasteiger partial charge is 0.306 e. The fourth-order valence-corrected chi connectivity index (χ4v) is 8.90. The van der Waals surface area contributed by atoms with Crippen LogP contribution < -0.4 is 10.1 Å². The van der Waals surface area contributed by atoms with E-state index in [2.05, 4.69) is 23.5 Å². The molecule has 2 aliphatic carbocycles. The van der Waals surface area contributed by atoms with Crippen molar-refractivity contribution >= 4 is 56.0 Å². The number of nitrogens with zero attached hydrogens (tertiary/aromatic N) is 2. The number of Topliss-reactive ketones (excluding diaryl/α,β-unsaturated/α-hetero) is 2. The molecule has 2 aliphatic heterocycles. The Bertz CT molecular complexity index is 1900. The van der Waals surface area contributed by atoms with Crippen LogP contribution in [0.25, 0.3) is 16.8 Å². The van der Waals surface area contributed by atoms with Crippen molar-refractivity contribution in [2.75, 3.05) is 25.4 Å². The molecule has 5 atom stereocenters. The highest BCUT2D eigenvalue weighted by atomic mass is 32.2. The number of ether oxygens (including phenoxy) is 2. The Kier molecular flexibility index (Phi) is 10.6. The van der Waals surface area contributed by atoms with Crippen LogP contribution in [0.4, 0.5) is 0 Å². The van der Waals surface area contributed by atoms with Gasteiger partial charge in [-0.15, -0.1) is 6.58 Å². The predicted octanol–water partition coefficient (Wildman–Crippen LogP) is 3.54. The van der Waals surface area contributed by atoms with Crippen LogP contribution in [0.5, 0.6) is 5.88 Å². The number of aromatic nitrogens is 1. The quantitative estimate of drug-likeness (QED) is 0.206. The number of esters is 1. The number of nitrogens with one attached hydrogen (secondary N) is 1. The molecule has 2 amide bonds. The summed E-state index contributed by atoms with van der Waals surface area (Å²) in [6.45, 7) is 7.15. The zero-order chi connectivity index (χ0) is 36.3. The third-order valence-corrected chi connectivity index (χ3v) is 12.5. The number of hydrogen-bond acceptors (Lipinski definition) is 10. The summed E-state index contributed by atoms with van der Waals surface area (Å²) in [6, 6.07) is 6.68. The van der Waals surface area contributed by atoms with Gasteiger partial charge in [-0.2, -0.15) is 0 Å². The molecule has 4 aliphatic rings. The van der Waals surface area contributed by atoms with E-state index in [-0.39, 0.29) is 44.9 Å². The Morgan fingerprint density at radius 2 is 1.94 bits per heavy atom. The van der Waals surface area contributed by atoms with E-state index in [1.165, 1.54) is 4.90 Å². The number of fused-ring (bicyclic) bond motifs is 3. The molecule has 2 aromatic rings. The number of pyridine rings is 1. The molecule has 1 N–H and O–H groups in total. The zero-order valence-corrected chi connectivity index (χ0v) is 29.3. The van der Waals surface area contributed by atoms with E-state index < -0.39 is 73.7 Å². The van der Waals surface area contributed by atoms with Gasteiger partial charge in [0, 0.05) is 36.4 Å². The van der Waals surface area contributed by atoms with Crippen LogP contribution >= 0.6 is 0 Å². The van der Waals surface area contributed by atoms with E-state index in [1.807, 2.05) is 36.4 Å². The maximum absolute atomic E-state index is 14.3. The number of amides is 2. The Labute approximate surface area is 297 Å². The van der Waals surface area contributed by atoms with Gasteiger partial charge in [0.2, 0.25) is 17.7 Å². The molecule has 270 valence electrons. The van der Waals surface area contributed by atoms with Gasteiger partial charge in [0.1, 0.15) is 11.9 Å². The normalized spacial score (nSPS) is 27.4. The van der Waals surface area contributed by atoms with Gasteiger partial charge in [0.25, 0.3) is 0 Å². The van der Waals surface area contributed by atoms with Crippen molar-refractivity contribution in [3.63, 3.8) is 0 Å². The molecule has 1 saturated heterocycles. The van der Waals surface area contributed by atoms with E-state index in [0.717, 1.165) is 22.4 Å². The molecule has 0 unspecified atom stereocenters. The number of cyclic esters (lactones) is 1. The average molecular weight is 718 g/mol. The van der Waals surface area contributed by atoms with Crippen LogP contribution in [-0.4, -0.2) is 90.5 Å². The zero-order valence-electron chi connectivity index (χ0n) is 28.5. The number of benzene rings is 1. The number of hydrogen-bond donors (Lipinski definition) is 1. The van der Waals surface area contributed by atoms with Crippen LogP contribution in [0.3, 0.4) is 0 Å². The number of sulfone groups is 1. The van der Waals surface area contributed by atoms with Crippen molar-refractivity contribution in [1.82, 2.24) is 15.2 Å². The maximum Gasteiger partial charge on any atom is 0.306 e. The highest BCUT2D eigenvalue weighted by Gasteiger charge is 2.61. The minimum atomic E-state index is -3.62. The molecule has 0 radical (unpaired) electrons. The number of carbonyl (C=O) groups excluding carboxylic acids is 5. The van der Waals surface area contributed by atoms with Crippen molar-refractivity contribution in [1.29, 1.82) is 0 Å². The van der Waals surface area contributed by atoms with Gasteiger partial charge in [0.15, 0.2) is 21.4 Å². The standard InChI is InChI=1S/C38H43N3O9S/c1-3-27-19-38(27,33(43)23-51(47,48)29-11-12-29)20-32(42)31-18-28-22-41(31)37(46)26(21-40-34(44)4-2)17-35(45)49-15-7-5-6-8-24-9-10-25-13-14-39-36(50-28)30(25)16-24/h3-4,6,8-10,13-14,16,26-29,31H,1-2,5,7,11-12,15,17-23H2,(H,40,44)/b8-6+/t26-,27+,28+,31-,38+/m0/s1. The van der Waals surface area contributed by atoms with Crippen molar-refractivity contribution < 1.29 is 41.9 Å². The van der Waals surface area contributed by atoms with Crippen LogP contribution in [0, 0.1) is 17.3 Å². The number of carbonyl (C=O) groups is 5. The fraction of sp³-hybridized carbons (Fsp3) is 0.474. The first-order valence-electron chi connectivity index (χ1n) is 17.4. The largest absolute Gasteiger partial charge is 0.472 e. The first-order chi connectivity index (χ1) is 24.4. The maximum atomic E-state index is 14.3. The van der Waals surface area contributed by atoms with Crippen LogP contribution in [0.15, 0.2) is 61.8 Å². The van der Waals surface area contributed by atoms with Gasteiger partial charge in [-0.25, -0.2) is 13.4 Å². The van der Waals surface area contributed by atoms with Gasteiger partial charge in [-0.1, -0.05) is 36.9 Å². The lowest BCUT2D eigenvalue weighted by atomic mass is 9.88. The molecule has 2 saturated carbocycles.